The summed E-state index contributed by atoms with van der Waals surface area (Å²) < 4.78 is 12.6. The van der Waals surface area contributed by atoms with E-state index >= 15 is 0 Å². The van der Waals surface area contributed by atoms with Gasteiger partial charge >= 0.3 is 0 Å². The maximum absolute atomic E-state index is 9.72. The first-order chi connectivity index (χ1) is 13.9. The third-order valence-corrected chi connectivity index (χ3v) is 5.14. The first-order valence-electron chi connectivity index (χ1n) is 9.66. The number of imidazole rings is 1. The molecule has 0 aliphatic rings. The van der Waals surface area contributed by atoms with Crippen molar-refractivity contribution < 1.29 is 9.47 Å². The lowest BCUT2D eigenvalue weighted by Gasteiger charge is -2.18. The van der Waals surface area contributed by atoms with Gasteiger partial charge in [-0.05, 0) is 84.6 Å². The standard InChI is InChI=1S/C23H24BrN3O2/c1-5-15(4)29-22-18(24)11-16(12-21(22)28-6-2)10-17(13-25)23-26-19-8-7-14(3)9-20(19)27-23/h7-12,15H,5-6H2,1-4H3,(H,26,27). The normalized spacial score (nSPS) is 12.6. The zero-order valence-corrected chi connectivity index (χ0v) is 18.6. The number of allylic oxidation sites excluding steroid dienone is 1. The van der Waals surface area contributed by atoms with Crippen molar-refractivity contribution in [2.24, 2.45) is 0 Å². The van der Waals surface area contributed by atoms with E-state index in [4.69, 9.17) is 9.47 Å². The molecule has 0 bridgehead atoms. The number of nitrogens with one attached hydrogen (secondary N) is 1. The van der Waals surface area contributed by atoms with Crippen molar-refractivity contribution in [2.45, 2.75) is 40.2 Å². The van der Waals surface area contributed by atoms with Gasteiger partial charge in [-0.15, -0.1) is 0 Å². The van der Waals surface area contributed by atoms with Crippen molar-refractivity contribution in [1.82, 2.24) is 9.97 Å². The van der Waals surface area contributed by atoms with Crippen molar-refractivity contribution in [1.29, 1.82) is 5.26 Å². The second-order valence-electron chi connectivity index (χ2n) is 6.88. The van der Waals surface area contributed by atoms with E-state index in [-0.39, 0.29) is 6.10 Å². The Kier molecular flexibility index (Phi) is 6.60. The lowest BCUT2D eigenvalue weighted by molar-refractivity contribution is 0.202. The Labute approximate surface area is 179 Å². The Hall–Kier alpha value is -2.78. The van der Waals surface area contributed by atoms with Gasteiger partial charge in [0.2, 0.25) is 0 Å². The van der Waals surface area contributed by atoms with Gasteiger partial charge in [0.05, 0.1) is 33.8 Å². The monoisotopic (exact) mass is 453 g/mol. The highest BCUT2D eigenvalue weighted by molar-refractivity contribution is 9.10. The van der Waals surface area contributed by atoms with Gasteiger partial charge in [0.25, 0.3) is 0 Å². The molecule has 0 aliphatic heterocycles. The molecule has 6 heteroatoms. The van der Waals surface area contributed by atoms with Crippen molar-refractivity contribution in [3.63, 3.8) is 0 Å². The number of hydrogen-bond donors (Lipinski definition) is 1. The molecule has 1 aromatic heterocycles. The number of aromatic nitrogens is 2. The summed E-state index contributed by atoms with van der Waals surface area (Å²) in [6, 6.07) is 12.0. The van der Waals surface area contributed by atoms with E-state index in [2.05, 4.69) is 38.9 Å². The first kappa shape index (κ1) is 20.9. The fraction of sp³-hybridized carbons (Fsp3) is 0.304. The predicted molar refractivity (Wildman–Crippen MR) is 120 cm³/mol. The van der Waals surface area contributed by atoms with Gasteiger partial charge in [-0.25, -0.2) is 4.98 Å². The van der Waals surface area contributed by atoms with Crippen LogP contribution in [-0.4, -0.2) is 22.7 Å². The number of nitrogens with zero attached hydrogens (tertiary/aromatic N) is 2. The van der Waals surface area contributed by atoms with Gasteiger partial charge in [-0.3, -0.25) is 0 Å². The van der Waals surface area contributed by atoms with Crippen LogP contribution in [0.25, 0.3) is 22.7 Å². The van der Waals surface area contributed by atoms with Gasteiger partial charge in [0.15, 0.2) is 11.5 Å². The quantitative estimate of drug-likeness (QED) is 0.427. The number of rotatable bonds is 7. The molecule has 5 nitrogen and oxygen atoms in total. The number of nitriles is 1. The predicted octanol–water partition coefficient (Wildman–Crippen LogP) is 6.27. The average molecular weight is 454 g/mol. The third-order valence-electron chi connectivity index (χ3n) is 4.55. The summed E-state index contributed by atoms with van der Waals surface area (Å²) in [5, 5.41) is 9.72. The molecule has 0 amide bonds. The highest BCUT2D eigenvalue weighted by atomic mass is 79.9. The molecule has 1 heterocycles. The van der Waals surface area contributed by atoms with Crippen molar-refractivity contribution in [3.8, 4) is 17.6 Å². The van der Waals surface area contributed by atoms with Crippen molar-refractivity contribution >= 4 is 38.6 Å². The van der Waals surface area contributed by atoms with Crippen molar-refractivity contribution in [3.05, 3.63) is 51.8 Å². The molecule has 0 aliphatic carbocycles. The Bertz CT molecular complexity index is 1100. The van der Waals surface area contributed by atoms with E-state index in [9.17, 15) is 5.26 Å². The molecule has 0 saturated carbocycles. The number of H-pyrrole nitrogens is 1. The molecule has 0 saturated heterocycles. The molecule has 2 aromatic carbocycles. The van der Waals surface area contributed by atoms with Crippen LogP contribution in [0.5, 0.6) is 11.5 Å². The number of hydrogen-bond acceptors (Lipinski definition) is 4. The van der Waals surface area contributed by atoms with E-state index in [1.54, 1.807) is 6.08 Å². The minimum Gasteiger partial charge on any atom is -0.490 e. The van der Waals surface area contributed by atoms with Crippen LogP contribution in [0, 0.1) is 18.3 Å². The fourth-order valence-electron chi connectivity index (χ4n) is 2.90. The SMILES string of the molecule is CCOc1cc(C=C(C#N)c2nc3ccc(C)cc3[nH]2)cc(Br)c1OC(C)CC. The number of benzene rings is 2. The summed E-state index contributed by atoms with van der Waals surface area (Å²) >= 11 is 3.59. The van der Waals surface area contributed by atoms with E-state index < -0.39 is 0 Å². The molecule has 3 rings (SSSR count). The number of aryl methyl sites for hydroxylation is 1. The molecule has 150 valence electrons. The summed E-state index contributed by atoms with van der Waals surface area (Å²) in [4.78, 5) is 7.79. The number of halogens is 1. The highest BCUT2D eigenvalue weighted by Gasteiger charge is 2.15. The lowest BCUT2D eigenvalue weighted by atomic mass is 10.1. The second-order valence-corrected chi connectivity index (χ2v) is 7.73. The van der Waals surface area contributed by atoms with Gasteiger partial charge in [0, 0.05) is 0 Å². The van der Waals surface area contributed by atoms with Crippen LogP contribution in [-0.2, 0) is 0 Å². The van der Waals surface area contributed by atoms with Crippen LogP contribution in [0.4, 0.5) is 0 Å². The molecule has 1 unspecified atom stereocenters. The van der Waals surface area contributed by atoms with Gasteiger partial charge in [-0.1, -0.05) is 13.0 Å². The number of ether oxygens (including phenoxy) is 2. The van der Waals surface area contributed by atoms with Crippen LogP contribution in [0.1, 0.15) is 44.1 Å². The van der Waals surface area contributed by atoms with E-state index in [1.165, 1.54) is 0 Å². The fourth-order valence-corrected chi connectivity index (χ4v) is 3.46. The van der Waals surface area contributed by atoms with E-state index in [0.29, 0.717) is 29.5 Å². The van der Waals surface area contributed by atoms with Crippen LogP contribution in [0.3, 0.4) is 0 Å². The van der Waals surface area contributed by atoms with E-state index in [0.717, 1.165) is 33.1 Å². The molecule has 29 heavy (non-hydrogen) atoms. The Balaban J connectivity index is 2.03. The topological polar surface area (TPSA) is 70.9 Å². The largest absolute Gasteiger partial charge is 0.490 e. The minimum atomic E-state index is 0.0700. The smallest absolute Gasteiger partial charge is 0.175 e. The Morgan fingerprint density at radius 1 is 1.31 bits per heavy atom. The second kappa shape index (κ2) is 9.15. The average Bonchev–Trinajstić information content (AvgIpc) is 3.11. The van der Waals surface area contributed by atoms with Gasteiger partial charge in [-0.2, -0.15) is 5.26 Å². The van der Waals surface area contributed by atoms with Gasteiger partial charge in [0.1, 0.15) is 11.9 Å². The number of aromatic amines is 1. The Morgan fingerprint density at radius 2 is 2.10 bits per heavy atom. The zero-order chi connectivity index (χ0) is 21.0. The summed E-state index contributed by atoms with van der Waals surface area (Å²) in [6.45, 7) is 8.57. The Morgan fingerprint density at radius 3 is 2.79 bits per heavy atom. The molecular formula is C23H24BrN3O2. The minimum absolute atomic E-state index is 0.0700. The molecule has 1 atom stereocenters. The summed E-state index contributed by atoms with van der Waals surface area (Å²) in [6.07, 6.45) is 2.76. The van der Waals surface area contributed by atoms with Crippen LogP contribution in [0.15, 0.2) is 34.8 Å². The summed E-state index contributed by atoms with van der Waals surface area (Å²) in [5.41, 5.74) is 4.15. The highest BCUT2D eigenvalue weighted by Crippen LogP contribution is 2.38. The number of fused-ring (bicyclic) bond motifs is 1. The summed E-state index contributed by atoms with van der Waals surface area (Å²) in [7, 11) is 0. The molecule has 0 radical (unpaired) electrons. The van der Waals surface area contributed by atoms with Crippen LogP contribution < -0.4 is 9.47 Å². The molecule has 0 spiro atoms. The van der Waals surface area contributed by atoms with Gasteiger partial charge < -0.3 is 14.5 Å². The third kappa shape index (κ3) is 4.80. The zero-order valence-electron chi connectivity index (χ0n) is 17.0. The first-order valence-corrected chi connectivity index (χ1v) is 10.5. The molecule has 0 fully saturated rings. The molecule has 1 N–H and O–H groups in total. The molecular weight excluding hydrogens is 430 g/mol. The maximum Gasteiger partial charge on any atom is 0.175 e. The molecule has 3 aromatic rings. The lowest BCUT2D eigenvalue weighted by Crippen LogP contribution is -2.11. The summed E-state index contributed by atoms with van der Waals surface area (Å²) in [5.74, 6) is 1.86. The van der Waals surface area contributed by atoms with Crippen LogP contribution >= 0.6 is 15.9 Å². The maximum atomic E-state index is 9.72. The van der Waals surface area contributed by atoms with Crippen molar-refractivity contribution in [2.75, 3.05) is 6.61 Å². The van der Waals surface area contributed by atoms with E-state index in [1.807, 2.05) is 51.1 Å². The van der Waals surface area contributed by atoms with Crippen LogP contribution in [0.2, 0.25) is 0 Å².